The van der Waals surface area contributed by atoms with Gasteiger partial charge in [-0.25, -0.2) is 0 Å². The van der Waals surface area contributed by atoms with Crippen molar-refractivity contribution in [2.75, 3.05) is 0 Å². The summed E-state index contributed by atoms with van der Waals surface area (Å²) in [5.74, 6) is 2.01. The van der Waals surface area contributed by atoms with Gasteiger partial charge >= 0.3 is 0 Å². The first-order chi connectivity index (χ1) is 9.90. The van der Waals surface area contributed by atoms with E-state index in [2.05, 4.69) is 16.0 Å². The number of rotatable bonds is 3. The van der Waals surface area contributed by atoms with Crippen LogP contribution in [0.25, 0.3) is 6.08 Å². The SMILES string of the molecule is C(/Cc1ccccn1)=C1/CC/C(=C\c2ccccn2)O1. The Morgan fingerprint density at radius 2 is 1.75 bits per heavy atom. The highest BCUT2D eigenvalue weighted by atomic mass is 16.5. The normalized spacial score (nSPS) is 18.4. The predicted octanol–water partition coefficient (Wildman–Crippen LogP) is 3.75. The van der Waals surface area contributed by atoms with Crippen LogP contribution in [0.2, 0.25) is 0 Å². The monoisotopic (exact) mass is 264 g/mol. The first-order valence-corrected chi connectivity index (χ1v) is 6.78. The molecular weight excluding hydrogens is 248 g/mol. The van der Waals surface area contributed by atoms with Crippen LogP contribution < -0.4 is 0 Å². The summed E-state index contributed by atoms with van der Waals surface area (Å²) in [5.41, 5.74) is 2.00. The van der Waals surface area contributed by atoms with E-state index in [4.69, 9.17) is 4.74 Å². The smallest absolute Gasteiger partial charge is 0.106 e. The zero-order valence-corrected chi connectivity index (χ0v) is 11.2. The van der Waals surface area contributed by atoms with E-state index in [0.29, 0.717) is 0 Å². The molecule has 20 heavy (non-hydrogen) atoms. The first kappa shape index (κ1) is 12.6. The molecule has 3 nitrogen and oxygen atoms in total. The fourth-order valence-electron chi connectivity index (χ4n) is 2.13. The average molecular weight is 264 g/mol. The van der Waals surface area contributed by atoms with Crippen LogP contribution in [0.1, 0.15) is 24.2 Å². The highest BCUT2D eigenvalue weighted by molar-refractivity contribution is 5.47. The summed E-state index contributed by atoms with van der Waals surface area (Å²) in [6.45, 7) is 0. The number of hydrogen-bond donors (Lipinski definition) is 0. The van der Waals surface area contributed by atoms with Gasteiger partial charge in [-0.1, -0.05) is 12.1 Å². The number of pyridine rings is 2. The van der Waals surface area contributed by atoms with Crippen molar-refractivity contribution >= 4 is 6.08 Å². The minimum atomic E-state index is 0.813. The van der Waals surface area contributed by atoms with Crippen LogP contribution in [0, 0.1) is 0 Å². The molecule has 100 valence electrons. The number of allylic oxidation sites excluding steroid dienone is 3. The maximum atomic E-state index is 5.84. The molecule has 2 aromatic rings. The summed E-state index contributed by atoms with van der Waals surface area (Å²) in [6, 6.07) is 11.8. The Morgan fingerprint density at radius 1 is 0.950 bits per heavy atom. The lowest BCUT2D eigenvalue weighted by atomic mass is 10.2. The fraction of sp³-hybridized carbons (Fsp3) is 0.176. The van der Waals surface area contributed by atoms with Gasteiger partial charge in [0.05, 0.1) is 5.69 Å². The Labute approximate surface area is 118 Å². The van der Waals surface area contributed by atoms with E-state index in [1.165, 1.54) is 0 Å². The van der Waals surface area contributed by atoms with Crippen molar-refractivity contribution in [3.63, 3.8) is 0 Å². The maximum Gasteiger partial charge on any atom is 0.106 e. The van der Waals surface area contributed by atoms with E-state index in [0.717, 1.165) is 42.2 Å². The van der Waals surface area contributed by atoms with Gasteiger partial charge in [0.1, 0.15) is 11.5 Å². The first-order valence-electron chi connectivity index (χ1n) is 6.78. The Balaban J connectivity index is 1.63. The molecule has 1 aliphatic heterocycles. The molecule has 1 fully saturated rings. The lowest BCUT2D eigenvalue weighted by molar-refractivity contribution is 0.342. The third-order valence-corrected chi connectivity index (χ3v) is 3.14. The molecule has 2 aromatic heterocycles. The van der Waals surface area contributed by atoms with E-state index in [1.807, 2.05) is 48.7 Å². The quantitative estimate of drug-likeness (QED) is 0.846. The van der Waals surface area contributed by atoms with Crippen molar-refractivity contribution in [2.24, 2.45) is 0 Å². The number of hydrogen-bond acceptors (Lipinski definition) is 3. The van der Waals surface area contributed by atoms with Crippen molar-refractivity contribution < 1.29 is 4.74 Å². The number of nitrogens with zero attached hydrogens (tertiary/aromatic N) is 2. The van der Waals surface area contributed by atoms with Gasteiger partial charge in [-0.3, -0.25) is 9.97 Å². The summed E-state index contributed by atoms with van der Waals surface area (Å²) >= 11 is 0. The molecule has 0 radical (unpaired) electrons. The molecule has 0 unspecified atom stereocenters. The second kappa shape index (κ2) is 6.15. The summed E-state index contributed by atoms with van der Waals surface area (Å²) in [6.07, 6.45) is 10.4. The molecule has 0 N–H and O–H groups in total. The van der Waals surface area contributed by atoms with Gasteiger partial charge in [0.15, 0.2) is 0 Å². The zero-order valence-electron chi connectivity index (χ0n) is 11.2. The third kappa shape index (κ3) is 3.32. The van der Waals surface area contributed by atoms with Gasteiger partial charge in [0.2, 0.25) is 0 Å². The summed E-state index contributed by atoms with van der Waals surface area (Å²) in [5, 5.41) is 0. The lowest BCUT2D eigenvalue weighted by Crippen LogP contribution is -1.87. The van der Waals surface area contributed by atoms with Crippen molar-refractivity contribution in [3.8, 4) is 0 Å². The van der Waals surface area contributed by atoms with Gasteiger partial charge < -0.3 is 4.74 Å². The van der Waals surface area contributed by atoms with E-state index in [9.17, 15) is 0 Å². The minimum absolute atomic E-state index is 0.813. The molecule has 1 aliphatic rings. The van der Waals surface area contributed by atoms with Crippen LogP contribution in [0.15, 0.2) is 66.4 Å². The van der Waals surface area contributed by atoms with E-state index >= 15 is 0 Å². The molecule has 0 amide bonds. The third-order valence-electron chi connectivity index (χ3n) is 3.14. The van der Waals surface area contributed by atoms with Crippen molar-refractivity contribution in [3.05, 3.63) is 77.8 Å². The largest absolute Gasteiger partial charge is 0.466 e. The molecule has 3 heteroatoms. The molecule has 0 atom stereocenters. The van der Waals surface area contributed by atoms with E-state index < -0.39 is 0 Å². The molecule has 0 aliphatic carbocycles. The van der Waals surface area contributed by atoms with Gasteiger partial charge in [-0.2, -0.15) is 0 Å². The van der Waals surface area contributed by atoms with Crippen LogP contribution in [-0.4, -0.2) is 9.97 Å². The lowest BCUT2D eigenvalue weighted by Gasteiger charge is -2.00. The highest BCUT2D eigenvalue weighted by Crippen LogP contribution is 2.27. The predicted molar refractivity (Wildman–Crippen MR) is 78.6 cm³/mol. The van der Waals surface area contributed by atoms with E-state index in [-0.39, 0.29) is 0 Å². The van der Waals surface area contributed by atoms with Gasteiger partial charge in [0, 0.05) is 43.4 Å². The van der Waals surface area contributed by atoms with Crippen molar-refractivity contribution in [2.45, 2.75) is 19.3 Å². The molecule has 0 spiro atoms. The number of aromatic nitrogens is 2. The molecule has 3 heterocycles. The molecule has 0 saturated carbocycles. The van der Waals surface area contributed by atoms with Crippen LogP contribution in [0.5, 0.6) is 0 Å². The molecular formula is C17H16N2O. The minimum Gasteiger partial charge on any atom is -0.466 e. The Bertz CT molecular complexity index is 618. The topological polar surface area (TPSA) is 35.0 Å². The fourth-order valence-corrected chi connectivity index (χ4v) is 2.13. The zero-order chi connectivity index (χ0) is 13.6. The Kier molecular flexibility index (Phi) is 3.88. The van der Waals surface area contributed by atoms with Crippen molar-refractivity contribution in [1.82, 2.24) is 9.97 Å². The number of ether oxygens (including phenoxy) is 1. The van der Waals surface area contributed by atoms with Crippen molar-refractivity contribution in [1.29, 1.82) is 0 Å². The van der Waals surface area contributed by atoms with Crippen LogP contribution in [0.3, 0.4) is 0 Å². The molecule has 1 saturated heterocycles. The second-order valence-electron chi connectivity index (χ2n) is 4.66. The maximum absolute atomic E-state index is 5.84. The Hall–Kier alpha value is -2.42. The Morgan fingerprint density at radius 3 is 2.50 bits per heavy atom. The average Bonchev–Trinajstić information content (AvgIpc) is 2.95. The standard InChI is InChI=1S/C17H16N2O/c1-3-11-18-14(5-1)7-8-16-9-10-17(20-16)13-15-6-2-4-12-19-15/h1-6,8,11-13H,7,9-10H2/b16-8+,17-13+. The summed E-state index contributed by atoms with van der Waals surface area (Å²) in [4.78, 5) is 8.58. The molecule has 3 rings (SSSR count). The van der Waals surface area contributed by atoms with E-state index in [1.54, 1.807) is 6.20 Å². The molecule has 0 aromatic carbocycles. The van der Waals surface area contributed by atoms with Crippen LogP contribution in [-0.2, 0) is 11.2 Å². The van der Waals surface area contributed by atoms with Gasteiger partial charge in [-0.15, -0.1) is 0 Å². The summed E-state index contributed by atoms with van der Waals surface area (Å²) < 4.78 is 5.84. The van der Waals surface area contributed by atoms with Gasteiger partial charge in [0.25, 0.3) is 0 Å². The van der Waals surface area contributed by atoms with Crippen LogP contribution >= 0.6 is 0 Å². The van der Waals surface area contributed by atoms with Crippen LogP contribution in [0.4, 0.5) is 0 Å². The summed E-state index contributed by atoms with van der Waals surface area (Å²) in [7, 11) is 0. The molecule has 0 bridgehead atoms. The highest BCUT2D eigenvalue weighted by Gasteiger charge is 2.14. The van der Waals surface area contributed by atoms with Gasteiger partial charge in [-0.05, 0) is 30.3 Å². The second-order valence-corrected chi connectivity index (χ2v) is 4.66.